The minimum atomic E-state index is -0.245. The average Bonchev–Trinajstić information content (AvgIpc) is 2.85. The van der Waals surface area contributed by atoms with Crippen LogP contribution in [-0.2, 0) is 13.0 Å². The molecule has 188 valence electrons. The number of piperidine rings is 1. The van der Waals surface area contributed by atoms with E-state index in [2.05, 4.69) is 36.2 Å². The second-order valence-corrected chi connectivity index (χ2v) is 11.2. The summed E-state index contributed by atoms with van der Waals surface area (Å²) < 4.78 is 0. The molecule has 3 aromatic rings. The van der Waals surface area contributed by atoms with E-state index in [1.807, 2.05) is 24.3 Å². The lowest BCUT2D eigenvalue weighted by Crippen LogP contribution is -2.42. The molecule has 2 aliphatic rings. The number of rotatable bonds is 5. The summed E-state index contributed by atoms with van der Waals surface area (Å²) in [4.78, 5) is 17.4. The van der Waals surface area contributed by atoms with Crippen LogP contribution in [-0.4, -0.2) is 30.1 Å². The molecule has 3 aromatic carbocycles. The Morgan fingerprint density at radius 1 is 0.917 bits per heavy atom. The first kappa shape index (κ1) is 25.4. The number of likely N-dealkylation sites (tertiary alicyclic amines) is 1. The van der Waals surface area contributed by atoms with Crippen molar-refractivity contribution in [2.75, 3.05) is 18.0 Å². The number of halogens is 3. The van der Waals surface area contributed by atoms with E-state index >= 15 is 0 Å². The zero-order valence-electron chi connectivity index (χ0n) is 20.5. The number of anilines is 2. The predicted molar refractivity (Wildman–Crippen MR) is 151 cm³/mol. The number of carbonyl (C=O) groups is 1. The Morgan fingerprint density at radius 2 is 1.58 bits per heavy atom. The van der Waals surface area contributed by atoms with Gasteiger partial charge in [0.1, 0.15) is 0 Å². The van der Waals surface area contributed by atoms with E-state index in [1.54, 1.807) is 23.1 Å². The van der Waals surface area contributed by atoms with Crippen LogP contribution in [0, 0.1) is 5.92 Å². The Morgan fingerprint density at radius 3 is 2.25 bits per heavy atom. The highest BCUT2D eigenvalue weighted by molar-refractivity contribution is 6.40. The van der Waals surface area contributed by atoms with Crippen LogP contribution in [0.25, 0.3) is 11.1 Å². The van der Waals surface area contributed by atoms with Gasteiger partial charge < -0.3 is 10.2 Å². The average molecular weight is 543 g/mol. The van der Waals surface area contributed by atoms with Gasteiger partial charge in [0, 0.05) is 28.7 Å². The van der Waals surface area contributed by atoms with Gasteiger partial charge in [-0.25, -0.2) is 4.79 Å². The summed E-state index contributed by atoms with van der Waals surface area (Å²) in [6, 6.07) is 17.9. The molecule has 0 aromatic heterocycles. The lowest BCUT2D eigenvalue weighted by atomic mass is 9.86. The minimum Gasteiger partial charge on any atom is -0.333 e. The number of nitrogens with one attached hydrogen (secondary N) is 1. The molecule has 0 radical (unpaired) electrons. The van der Waals surface area contributed by atoms with Gasteiger partial charge in [0.25, 0.3) is 0 Å². The predicted octanol–water partition coefficient (Wildman–Crippen LogP) is 8.34. The summed E-state index contributed by atoms with van der Waals surface area (Å²) in [5.74, 6) is 0.590. The molecule has 1 fully saturated rings. The van der Waals surface area contributed by atoms with E-state index in [1.165, 1.54) is 5.56 Å². The summed E-state index contributed by atoms with van der Waals surface area (Å²) in [5.41, 5.74) is 5.47. The van der Waals surface area contributed by atoms with E-state index in [4.69, 9.17) is 34.8 Å². The molecule has 2 amide bonds. The van der Waals surface area contributed by atoms with Gasteiger partial charge in [-0.2, -0.15) is 0 Å². The zero-order valence-corrected chi connectivity index (χ0v) is 22.8. The molecular formula is C29H30Cl3N3O. The maximum atomic E-state index is 13.2. The fraction of sp³-hybridized carbons (Fsp3) is 0.345. The molecular weight excluding hydrogens is 513 g/mol. The normalized spacial score (nSPS) is 16.8. The van der Waals surface area contributed by atoms with Crippen molar-refractivity contribution in [1.82, 2.24) is 10.2 Å². The van der Waals surface area contributed by atoms with Crippen LogP contribution in [0.4, 0.5) is 16.2 Å². The van der Waals surface area contributed by atoms with Crippen LogP contribution >= 0.6 is 34.8 Å². The van der Waals surface area contributed by atoms with Gasteiger partial charge in [-0.05, 0) is 87.5 Å². The number of fused-ring (bicyclic) bond motifs is 1. The Hall–Kier alpha value is -2.24. The van der Waals surface area contributed by atoms with Crippen molar-refractivity contribution in [3.8, 4) is 11.1 Å². The van der Waals surface area contributed by atoms with Gasteiger partial charge in [0.2, 0.25) is 0 Å². The maximum absolute atomic E-state index is 13.2. The standard InChI is InChI=1S/C29H30Cl3N3O/c1-18(2)34-12-10-19(11-13-34)14-20-15-22(21-6-3-4-7-24(21)30)23-17-33-29(36)35(27(23)16-20)28-25(31)8-5-9-26(28)32/h3-9,15-16,18-19H,10-14,17H2,1-2H3,(H,33,36). The van der Waals surface area contributed by atoms with Crippen molar-refractivity contribution in [2.24, 2.45) is 5.92 Å². The molecule has 36 heavy (non-hydrogen) atoms. The molecule has 7 heteroatoms. The largest absolute Gasteiger partial charge is 0.333 e. The van der Waals surface area contributed by atoms with Gasteiger partial charge >= 0.3 is 6.03 Å². The van der Waals surface area contributed by atoms with Gasteiger partial charge in [-0.1, -0.05) is 65.1 Å². The molecule has 4 nitrogen and oxygen atoms in total. The third-order valence-electron chi connectivity index (χ3n) is 7.38. The fourth-order valence-corrected chi connectivity index (χ4v) is 6.23. The number of hydrogen-bond donors (Lipinski definition) is 1. The molecule has 0 bridgehead atoms. The molecule has 2 heterocycles. The fourth-order valence-electron chi connectivity index (χ4n) is 5.42. The van der Waals surface area contributed by atoms with Crippen molar-refractivity contribution in [3.63, 3.8) is 0 Å². The second-order valence-electron chi connectivity index (χ2n) is 9.96. The van der Waals surface area contributed by atoms with Crippen molar-refractivity contribution >= 4 is 52.2 Å². The van der Waals surface area contributed by atoms with Gasteiger partial charge in [-0.3, -0.25) is 4.90 Å². The van der Waals surface area contributed by atoms with Crippen molar-refractivity contribution in [3.05, 3.63) is 80.8 Å². The summed E-state index contributed by atoms with van der Waals surface area (Å²) in [5, 5.41) is 4.54. The van der Waals surface area contributed by atoms with Gasteiger partial charge in [-0.15, -0.1) is 0 Å². The van der Waals surface area contributed by atoms with E-state index < -0.39 is 0 Å². The number of nitrogens with zero attached hydrogens (tertiary/aromatic N) is 2. The molecule has 1 N–H and O–H groups in total. The smallest absolute Gasteiger partial charge is 0.326 e. The van der Waals surface area contributed by atoms with Crippen LogP contribution < -0.4 is 10.2 Å². The Labute approximate surface area is 228 Å². The number of urea groups is 1. The second kappa shape index (κ2) is 10.6. The number of carbonyl (C=O) groups excluding carboxylic acids is 1. The van der Waals surface area contributed by atoms with Crippen LogP contribution in [0.2, 0.25) is 15.1 Å². The summed E-state index contributed by atoms with van der Waals surface area (Å²) in [6.45, 7) is 7.17. The van der Waals surface area contributed by atoms with E-state index in [0.717, 1.165) is 54.7 Å². The first-order valence-electron chi connectivity index (χ1n) is 12.5. The van der Waals surface area contributed by atoms with E-state index in [0.29, 0.717) is 39.3 Å². The van der Waals surface area contributed by atoms with Crippen LogP contribution in [0.15, 0.2) is 54.6 Å². The van der Waals surface area contributed by atoms with E-state index in [9.17, 15) is 4.79 Å². The quantitative estimate of drug-likeness (QED) is 0.352. The first-order chi connectivity index (χ1) is 17.3. The Bertz CT molecular complexity index is 1260. The summed E-state index contributed by atoms with van der Waals surface area (Å²) in [6.07, 6.45) is 3.27. The highest BCUT2D eigenvalue weighted by Crippen LogP contribution is 2.45. The Kier molecular flexibility index (Phi) is 7.50. The lowest BCUT2D eigenvalue weighted by molar-refractivity contribution is 0.149. The topological polar surface area (TPSA) is 35.6 Å². The number of para-hydroxylation sites is 1. The molecule has 0 aliphatic carbocycles. The SMILES string of the molecule is CC(C)N1CCC(Cc2cc(-c3ccccc3Cl)c3c(c2)N(c2c(Cl)cccc2Cl)C(=O)NC3)CC1. The number of benzene rings is 3. The summed E-state index contributed by atoms with van der Waals surface area (Å²) in [7, 11) is 0. The summed E-state index contributed by atoms with van der Waals surface area (Å²) >= 11 is 19.8. The van der Waals surface area contributed by atoms with E-state index in [-0.39, 0.29) is 6.03 Å². The van der Waals surface area contributed by atoms with Gasteiger partial charge in [0.15, 0.2) is 0 Å². The molecule has 0 atom stereocenters. The third kappa shape index (κ3) is 4.97. The van der Waals surface area contributed by atoms with Gasteiger partial charge in [0.05, 0.1) is 21.4 Å². The van der Waals surface area contributed by atoms with Crippen molar-refractivity contribution in [2.45, 2.75) is 45.7 Å². The molecule has 1 saturated heterocycles. The van der Waals surface area contributed by atoms with Crippen LogP contribution in [0.1, 0.15) is 37.8 Å². The maximum Gasteiger partial charge on any atom is 0.326 e. The van der Waals surface area contributed by atoms with Crippen molar-refractivity contribution < 1.29 is 4.79 Å². The molecule has 0 spiro atoms. The highest BCUT2D eigenvalue weighted by Gasteiger charge is 2.32. The molecule has 5 rings (SSSR count). The highest BCUT2D eigenvalue weighted by atomic mass is 35.5. The molecule has 0 unspecified atom stereocenters. The first-order valence-corrected chi connectivity index (χ1v) is 13.6. The van der Waals surface area contributed by atoms with Crippen molar-refractivity contribution in [1.29, 1.82) is 0 Å². The molecule has 2 aliphatic heterocycles. The zero-order chi connectivity index (χ0) is 25.4. The Balaban J connectivity index is 1.61. The minimum absolute atomic E-state index is 0.245. The van der Waals surface area contributed by atoms with Crippen LogP contribution in [0.5, 0.6) is 0 Å². The number of hydrogen-bond acceptors (Lipinski definition) is 2. The van der Waals surface area contributed by atoms with Crippen LogP contribution in [0.3, 0.4) is 0 Å². The number of amides is 2. The lowest BCUT2D eigenvalue weighted by Gasteiger charge is -2.35. The monoisotopic (exact) mass is 541 g/mol. The molecule has 0 saturated carbocycles. The third-order valence-corrected chi connectivity index (χ3v) is 8.32.